The van der Waals surface area contributed by atoms with Gasteiger partial charge < -0.3 is 0 Å². The summed E-state index contributed by atoms with van der Waals surface area (Å²) in [6.07, 6.45) is 3.00. The van der Waals surface area contributed by atoms with Crippen molar-refractivity contribution >= 4 is 21.4 Å². The van der Waals surface area contributed by atoms with Gasteiger partial charge in [-0.15, -0.1) is 11.3 Å². The molecular formula is C11H10N4O2S2. The molecule has 0 radical (unpaired) electrons. The van der Waals surface area contributed by atoms with Gasteiger partial charge in [-0.3, -0.25) is 0 Å². The third kappa shape index (κ3) is 3.14. The topological polar surface area (TPSA) is 95.7 Å². The first-order valence-corrected chi connectivity index (χ1v) is 7.59. The molecule has 0 saturated heterocycles. The molecule has 2 heterocycles. The Labute approximate surface area is 114 Å². The summed E-state index contributed by atoms with van der Waals surface area (Å²) in [6.45, 7) is 1.99. The van der Waals surface area contributed by atoms with E-state index in [0.717, 1.165) is 9.88 Å². The smallest absolute Gasteiger partial charge is 0.243 e. The van der Waals surface area contributed by atoms with Crippen LogP contribution in [0.15, 0.2) is 29.4 Å². The maximum absolute atomic E-state index is 12.1. The van der Waals surface area contributed by atoms with Crippen molar-refractivity contribution in [1.82, 2.24) is 14.7 Å². The van der Waals surface area contributed by atoms with Crippen molar-refractivity contribution in [3.63, 3.8) is 0 Å². The molecule has 2 aromatic rings. The molecular weight excluding hydrogens is 284 g/mol. The van der Waals surface area contributed by atoms with Gasteiger partial charge in [-0.25, -0.2) is 23.1 Å². The average Bonchev–Trinajstić information content (AvgIpc) is 2.82. The lowest BCUT2D eigenvalue weighted by Gasteiger charge is -2.05. The lowest BCUT2D eigenvalue weighted by molar-refractivity contribution is 0.581. The van der Waals surface area contributed by atoms with Crippen molar-refractivity contribution in [3.8, 4) is 6.07 Å². The van der Waals surface area contributed by atoms with Gasteiger partial charge in [-0.1, -0.05) is 0 Å². The number of hydrogen-bond acceptors (Lipinski definition) is 6. The molecule has 0 bridgehead atoms. The van der Waals surface area contributed by atoms with Gasteiger partial charge in [-0.2, -0.15) is 5.26 Å². The molecule has 0 fully saturated rings. The van der Waals surface area contributed by atoms with Crippen LogP contribution in [0.5, 0.6) is 0 Å². The molecule has 0 amide bonds. The monoisotopic (exact) mass is 294 g/mol. The number of rotatable bonds is 4. The Hall–Kier alpha value is -1.82. The molecule has 19 heavy (non-hydrogen) atoms. The molecule has 0 unspecified atom stereocenters. The molecule has 0 aliphatic heterocycles. The number of nitrogens with zero attached hydrogens (tertiary/aromatic N) is 3. The molecule has 0 atom stereocenters. The van der Waals surface area contributed by atoms with Crippen LogP contribution in [-0.2, 0) is 16.6 Å². The van der Waals surface area contributed by atoms with Crippen LogP contribution in [0.4, 0.5) is 0 Å². The van der Waals surface area contributed by atoms with Gasteiger partial charge in [0.2, 0.25) is 10.0 Å². The van der Waals surface area contributed by atoms with E-state index in [1.807, 2.05) is 6.92 Å². The van der Waals surface area contributed by atoms with E-state index < -0.39 is 10.0 Å². The molecule has 6 nitrogen and oxygen atoms in total. The number of nitrogens with one attached hydrogen (secondary N) is 1. The van der Waals surface area contributed by atoms with Crippen molar-refractivity contribution < 1.29 is 8.42 Å². The highest BCUT2D eigenvalue weighted by molar-refractivity contribution is 7.89. The Kier molecular flexibility index (Phi) is 3.90. The van der Waals surface area contributed by atoms with E-state index in [1.54, 1.807) is 12.3 Å². The predicted molar refractivity (Wildman–Crippen MR) is 69.8 cm³/mol. The zero-order valence-corrected chi connectivity index (χ0v) is 11.6. The molecule has 1 N–H and O–H groups in total. The Bertz CT molecular complexity index is 731. The zero-order chi connectivity index (χ0) is 13.9. The lowest BCUT2D eigenvalue weighted by Crippen LogP contribution is -2.24. The summed E-state index contributed by atoms with van der Waals surface area (Å²) in [5.41, 5.74) is -0.115. The van der Waals surface area contributed by atoms with E-state index in [2.05, 4.69) is 14.7 Å². The summed E-state index contributed by atoms with van der Waals surface area (Å²) in [4.78, 5) is 8.47. The van der Waals surface area contributed by atoms with Crippen molar-refractivity contribution in [2.45, 2.75) is 18.4 Å². The first-order chi connectivity index (χ1) is 9.03. The standard InChI is InChI=1S/C11H10N4O2S2/c1-8-14-6-9(18-8)7-15-19(16,17)11-3-2-4-13-10(11)5-12/h2-4,6,15H,7H2,1H3. The van der Waals surface area contributed by atoms with E-state index in [4.69, 9.17) is 5.26 Å². The fourth-order valence-corrected chi connectivity index (χ4v) is 3.36. The van der Waals surface area contributed by atoms with Gasteiger partial charge in [0.1, 0.15) is 11.0 Å². The first kappa shape index (κ1) is 13.6. The minimum atomic E-state index is -3.75. The fourth-order valence-electron chi connectivity index (χ4n) is 1.42. The van der Waals surface area contributed by atoms with Crippen LogP contribution in [0.1, 0.15) is 15.6 Å². The second kappa shape index (κ2) is 5.44. The van der Waals surface area contributed by atoms with Gasteiger partial charge >= 0.3 is 0 Å². The number of sulfonamides is 1. The van der Waals surface area contributed by atoms with Gasteiger partial charge in [-0.05, 0) is 19.1 Å². The summed E-state index contributed by atoms with van der Waals surface area (Å²) < 4.78 is 26.6. The van der Waals surface area contributed by atoms with E-state index in [1.165, 1.54) is 29.7 Å². The van der Waals surface area contributed by atoms with Crippen LogP contribution < -0.4 is 4.72 Å². The van der Waals surface area contributed by atoms with E-state index in [-0.39, 0.29) is 17.1 Å². The van der Waals surface area contributed by atoms with Gasteiger partial charge in [0.15, 0.2) is 5.69 Å². The maximum Gasteiger partial charge on any atom is 0.243 e. The van der Waals surface area contributed by atoms with Crippen LogP contribution in [0.25, 0.3) is 0 Å². The summed E-state index contributed by atoms with van der Waals surface area (Å²) in [5, 5.41) is 9.73. The van der Waals surface area contributed by atoms with Gasteiger partial charge in [0, 0.05) is 23.8 Å². The number of hydrogen-bond donors (Lipinski definition) is 1. The molecule has 8 heteroatoms. The summed E-state index contributed by atoms with van der Waals surface area (Å²) in [6, 6.07) is 4.60. The Balaban J connectivity index is 2.21. The average molecular weight is 294 g/mol. The third-order valence-electron chi connectivity index (χ3n) is 2.27. The van der Waals surface area contributed by atoms with E-state index in [9.17, 15) is 8.42 Å². The molecule has 2 aromatic heterocycles. The highest BCUT2D eigenvalue weighted by Gasteiger charge is 2.19. The van der Waals surface area contributed by atoms with Crippen LogP contribution in [0, 0.1) is 18.3 Å². The lowest BCUT2D eigenvalue weighted by atomic mass is 10.4. The van der Waals surface area contributed by atoms with Crippen LogP contribution >= 0.6 is 11.3 Å². The number of thiazole rings is 1. The second-order valence-electron chi connectivity index (χ2n) is 3.63. The summed E-state index contributed by atoms with van der Waals surface area (Å²) >= 11 is 1.41. The minimum absolute atomic E-state index is 0.112. The highest BCUT2D eigenvalue weighted by atomic mass is 32.2. The first-order valence-electron chi connectivity index (χ1n) is 5.29. The third-order valence-corrected chi connectivity index (χ3v) is 4.62. The molecule has 0 aromatic carbocycles. The summed E-state index contributed by atoms with van der Waals surface area (Å²) in [5.74, 6) is 0. The fraction of sp³-hybridized carbons (Fsp3) is 0.182. The van der Waals surface area contributed by atoms with Crippen molar-refractivity contribution in [1.29, 1.82) is 5.26 Å². The van der Waals surface area contributed by atoms with Crippen molar-refractivity contribution in [2.24, 2.45) is 0 Å². The van der Waals surface area contributed by atoms with E-state index >= 15 is 0 Å². The maximum atomic E-state index is 12.1. The van der Waals surface area contributed by atoms with Crippen LogP contribution in [-0.4, -0.2) is 18.4 Å². The highest BCUT2D eigenvalue weighted by Crippen LogP contribution is 2.15. The zero-order valence-electron chi connectivity index (χ0n) is 9.99. The molecule has 2 rings (SSSR count). The second-order valence-corrected chi connectivity index (χ2v) is 6.69. The minimum Gasteiger partial charge on any atom is -0.250 e. The number of pyridine rings is 1. The predicted octanol–water partition coefficient (Wildman–Crippen LogP) is 1.20. The van der Waals surface area contributed by atoms with Crippen molar-refractivity contribution in [2.75, 3.05) is 0 Å². The Morgan fingerprint density at radius 1 is 1.47 bits per heavy atom. The van der Waals surface area contributed by atoms with Crippen molar-refractivity contribution in [3.05, 3.63) is 40.1 Å². The quantitative estimate of drug-likeness (QED) is 0.914. The van der Waals surface area contributed by atoms with Gasteiger partial charge in [0.05, 0.1) is 5.01 Å². The molecule has 0 spiro atoms. The van der Waals surface area contributed by atoms with E-state index in [0.29, 0.717) is 0 Å². The SMILES string of the molecule is Cc1ncc(CNS(=O)(=O)c2cccnc2C#N)s1. The van der Waals surface area contributed by atoms with Crippen LogP contribution in [0.2, 0.25) is 0 Å². The molecule has 0 saturated carbocycles. The number of aromatic nitrogens is 2. The summed E-state index contributed by atoms with van der Waals surface area (Å²) in [7, 11) is -3.75. The molecule has 98 valence electrons. The number of aryl methyl sites for hydroxylation is 1. The number of nitriles is 1. The largest absolute Gasteiger partial charge is 0.250 e. The Morgan fingerprint density at radius 2 is 2.26 bits per heavy atom. The molecule has 0 aliphatic carbocycles. The normalized spacial score (nSPS) is 11.2. The molecule has 0 aliphatic rings. The Morgan fingerprint density at radius 3 is 2.89 bits per heavy atom. The van der Waals surface area contributed by atoms with Gasteiger partial charge in [0.25, 0.3) is 0 Å². The van der Waals surface area contributed by atoms with Crippen LogP contribution in [0.3, 0.4) is 0 Å².